The van der Waals surface area contributed by atoms with Crippen molar-refractivity contribution in [2.45, 2.75) is 25.2 Å². The fourth-order valence-corrected chi connectivity index (χ4v) is 3.10. The first-order chi connectivity index (χ1) is 12.9. The molecule has 2 aliphatic rings. The molecule has 6 nitrogen and oxygen atoms in total. The van der Waals surface area contributed by atoms with Crippen LogP contribution < -0.4 is 18.9 Å². The number of alkyl halides is 2. The molecule has 0 bridgehead atoms. The van der Waals surface area contributed by atoms with Gasteiger partial charge in [0.05, 0.1) is 20.1 Å². The van der Waals surface area contributed by atoms with Crippen LogP contribution in [0.15, 0.2) is 36.4 Å². The first-order valence-electron chi connectivity index (χ1n) is 8.29. The molecule has 142 valence electrons. The SMILES string of the molecule is COC(=O)CC1COc2cc(OCc3cccc4c3OC(F)(F)O4)ccc21. The molecule has 0 aromatic heterocycles. The van der Waals surface area contributed by atoms with Crippen molar-refractivity contribution in [2.24, 2.45) is 0 Å². The van der Waals surface area contributed by atoms with Gasteiger partial charge in [-0.1, -0.05) is 18.2 Å². The summed E-state index contributed by atoms with van der Waals surface area (Å²) in [5.41, 5.74) is 1.35. The predicted octanol–water partition coefficient (Wildman–Crippen LogP) is 3.63. The van der Waals surface area contributed by atoms with Crippen LogP contribution in [0.3, 0.4) is 0 Å². The molecule has 4 rings (SSSR count). The number of carbonyl (C=O) groups excluding carboxylic acids is 1. The Kier molecular flexibility index (Phi) is 4.25. The Bertz CT molecular complexity index is 882. The molecule has 2 aromatic carbocycles. The van der Waals surface area contributed by atoms with Gasteiger partial charge in [-0.3, -0.25) is 4.79 Å². The Hall–Kier alpha value is -3.03. The first-order valence-corrected chi connectivity index (χ1v) is 8.29. The van der Waals surface area contributed by atoms with E-state index in [0.717, 1.165) is 5.56 Å². The highest BCUT2D eigenvalue weighted by Gasteiger charge is 2.44. The minimum Gasteiger partial charge on any atom is -0.492 e. The summed E-state index contributed by atoms with van der Waals surface area (Å²) in [5, 5.41) is 0. The summed E-state index contributed by atoms with van der Waals surface area (Å²) < 4.78 is 51.5. The minimum absolute atomic E-state index is 0.0208. The van der Waals surface area contributed by atoms with Crippen molar-refractivity contribution < 1.29 is 37.3 Å². The van der Waals surface area contributed by atoms with Crippen molar-refractivity contribution in [2.75, 3.05) is 13.7 Å². The van der Waals surface area contributed by atoms with Crippen molar-refractivity contribution in [1.29, 1.82) is 0 Å². The van der Waals surface area contributed by atoms with E-state index in [2.05, 4.69) is 9.47 Å². The van der Waals surface area contributed by atoms with Gasteiger partial charge in [-0.05, 0) is 12.1 Å². The van der Waals surface area contributed by atoms with E-state index < -0.39 is 6.29 Å². The summed E-state index contributed by atoms with van der Waals surface area (Å²) in [6, 6.07) is 9.90. The third kappa shape index (κ3) is 3.47. The molecule has 2 aliphatic heterocycles. The van der Waals surface area contributed by atoms with Crippen LogP contribution in [0.4, 0.5) is 8.78 Å². The quantitative estimate of drug-likeness (QED) is 0.741. The number of benzene rings is 2. The van der Waals surface area contributed by atoms with E-state index in [9.17, 15) is 13.6 Å². The molecule has 0 amide bonds. The maximum atomic E-state index is 13.2. The van der Waals surface area contributed by atoms with Gasteiger partial charge in [-0.2, -0.15) is 0 Å². The van der Waals surface area contributed by atoms with Gasteiger partial charge in [0, 0.05) is 23.1 Å². The molecule has 0 aliphatic carbocycles. The highest BCUT2D eigenvalue weighted by molar-refractivity contribution is 5.71. The number of methoxy groups -OCH3 is 1. The number of para-hydroxylation sites is 1. The fraction of sp³-hybridized carbons (Fsp3) is 0.316. The van der Waals surface area contributed by atoms with E-state index in [-0.39, 0.29) is 36.4 Å². The molecule has 2 heterocycles. The second-order valence-corrected chi connectivity index (χ2v) is 6.19. The lowest BCUT2D eigenvalue weighted by Crippen LogP contribution is -2.26. The van der Waals surface area contributed by atoms with E-state index in [0.29, 0.717) is 23.7 Å². The highest BCUT2D eigenvalue weighted by atomic mass is 19.3. The van der Waals surface area contributed by atoms with Crippen LogP contribution in [0.25, 0.3) is 0 Å². The van der Waals surface area contributed by atoms with E-state index in [1.54, 1.807) is 24.3 Å². The monoisotopic (exact) mass is 378 g/mol. The van der Waals surface area contributed by atoms with E-state index in [1.165, 1.54) is 13.2 Å². The van der Waals surface area contributed by atoms with Gasteiger partial charge in [0.15, 0.2) is 11.5 Å². The van der Waals surface area contributed by atoms with E-state index >= 15 is 0 Å². The molecule has 0 saturated heterocycles. The molecule has 1 atom stereocenters. The molecular formula is C19H16F2O6. The number of carbonyl (C=O) groups is 1. The maximum absolute atomic E-state index is 13.2. The van der Waals surface area contributed by atoms with E-state index in [1.807, 2.05) is 6.07 Å². The number of hydrogen-bond acceptors (Lipinski definition) is 6. The Morgan fingerprint density at radius 2 is 2.07 bits per heavy atom. The van der Waals surface area contributed by atoms with Crippen molar-refractivity contribution in [3.8, 4) is 23.0 Å². The minimum atomic E-state index is -3.67. The number of hydrogen-bond donors (Lipinski definition) is 0. The van der Waals surface area contributed by atoms with Crippen LogP contribution in [-0.2, 0) is 16.1 Å². The average molecular weight is 378 g/mol. The zero-order valence-corrected chi connectivity index (χ0v) is 14.4. The molecular weight excluding hydrogens is 362 g/mol. The fourth-order valence-electron chi connectivity index (χ4n) is 3.10. The van der Waals surface area contributed by atoms with Gasteiger partial charge in [-0.25, -0.2) is 0 Å². The van der Waals surface area contributed by atoms with Crippen molar-refractivity contribution in [1.82, 2.24) is 0 Å². The van der Waals surface area contributed by atoms with Gasteiger partial charge in [0.25, 0.3) is 0 Å². The number of ether oxygens (including phenoxy) is 5. The maximum Gasteiger partial charge on any atom is 0.586 e. The molecule has 8 heteroatoms. The summed E-state index contributed by atoms with van der Waals surface area (Å²) in [7, 11) is 1.35. The topological polar surface area (TPSA) is 63.2 Å². The van der Waals surface area contributed by atoms with Gasteiger partial charge in [-0.15, -0.1) is 8.78 Å². The Morgan fingerprint density at radius 1 is 1.22 bits per heavy atom. The molecule has 27 heavy (non-hydrogen) atoms. The van der Waals surface area contributed by atoms with Gasteiger partial charge >= 0.3 is 12.3 Å². The van der Waals surface area contributed by atoms with Crippen LogP contribution in [0.2, 0.25) is 0 Å². The average Bonchev–Trinajstić information content (AvgIpc) is 3.18. The van der Waals surface area contributed by atoms with Gasteiger partial charge in [0.1, 0.15) is 18.1 Å². The molecule has 0 fully saturated rings. The van der Waals surface area contributed by atoms with Crippen LogP contribution in [-0.4, -0.2) is 26.0 Å². The van der Waals surface area contributed by atoms with Gasteiger partial charge < -0.3 is 23.7 Å². The molecule has 0 saturated carbocycles. The number of halogens is 2. The number of rotatable bonds is 5. The van der Waals surface area contributed by atoms with Crippen molar-refractivity contribution in [3.05, 3.63) is 47.5 Å². The summed E-state index contributed by atoms with van der Waals surface area (Å²) in [6.07, 6.45) is -3.43. The predicted molar refractivity (Wildman–Crippen MR) is 88.3 cm³/mol. The zero-order valence-electron chi connectivity index (χ0n) is 14.4. The van der Waals surface area contributed by atoms with Crippen molar-refractivity contribution >= 4 is 5.97 Å². The van der Waals surface area contributed by atoms with Crippen LogP contribution in [0, 0.1) is 0 Å². The van der Waals surface area contributed by atoms with Crippen LogP contribution in [0.5, 0.6) is 23.0 Å². The molecule has 2 aromatic rings. The standard InChI is InChI=1S/C19H16F2O6/c1-23-17(22)7-12-10-25-16-8-13(5-6-14(12)16)24-9-11-3-2-4-15-18(11)27-19(20,21)26-15/h2-6,8,12H,7,9-10H2,1H3. The smallest absolute Gasteiger partial charge is 0.492 e. The lowest BCUT2D eigenvalue weighted by atomic mass is 9.98. The van der Waals surface area contributed by atoms with Crippen molar-refractivity contribution in [3.63, 3.8) is 0 Å². The summed E-state index contributed by atoms with van der Waals surface area (Å²) in [5.74, 6) is 0.726. The summed E-state index contributed by atoms with van der Waals surface area (Å²) >= 11 is 0. The lowest BCUT2D eigenvalue weighted by molar-refractivity contribution is -0.287. The lowest BCUT2D eigenvalue weighted by Gasteiger charge is -2.10. The second-order valence-electron chi connectivity index (χ2n) is 6.19. The van der Waals surface area contributed by atoms with Gasteiger partial charge in [0.2, 0.25) is 0 Å². The largest absolute Gasteiger partial charge is 0.586 e. The molecule has 1 unspecified atom stereocenters. The third-order valence-electron chi connectivity index (χ3n) is 4.41. The van der Waals surface area contributed by atoms with Crippen LogP contribution in [0.1, 0.15) is 23.5 Å². The Morgan fingerprint density at radius 3 is 2.89 bits per heavy atom. The Labute approximate surface area is 153 Å². The number of fused-ring (bicyclic) bond motifs is 2. The zero-order chi connectivity index (χ0) is 19.0. The first kappa shape index (κ1) is 17.4. The van der Waals surface area contributed by atoms with E-state index in [4.69, 9.17) is 14.2 Å². The Balaban J connectivity index is 1.46. The molecule has 0 N–H and O–H groups in total. The summed E-state index contributed by atoms with van der Waals surface area (Å²) in [4.78, 5) is 11.5. The van der Waals surface area contributed by atoms with Crippen LogP contribution >= 0.6 is 0 Å². The second kappa shape index (κ2) is 6.61. The number of esters is 1. The highest BCUT2D eigenvalue weighted by Crippen LogP contribution is 2.44. The molecule has 0 radical (unpaired) electrons. The summed E-state index contributed by atoms with van der Waals surface area (Å²) in [6.45, 7) is 0.410. The normalized spacial score (nSPS) is 18.6. The molecule has 0 spiro atoms. The third-order valence-corrected chi connectivity index (χ3v) is 4.41.